The first-order valence-corrected chi connectivity index (χ1v) is 7.34. The van der Waals surface area contributed by atoms with Gasteiger partial charge in [0.15, 0.2) is 0 Å². The van der Waals surface area contributed by atoms with Crippen LogP contribution < -0.4 is 10.6 Å². The lowest BCUT2D eigenvalue weighted by molar-refractivity contribution is -0.384. The van der Waals surface area contributed by atoms with E-state index in [2.05, 4.69) is 10.6 Å². The van der Waals surface area contributed by atoms with E-state index in [4.69, 9.17) is 4.74 Å². The van der Waals surface area contributed by atoms with Crippen molar-refractivity contribution in [3.05, 3.63) is 34.1 Å². The number of benzene rings is 1. The number of rotatable bonds is 4. The van der Waals surface area contributed by atoms with Gasteiger partial charge >= 0.3 is 6.09 Å². The summed E-state index contributed by atoms with van der Waals surface area (Å²) in [5, 5.41) is 16.6. The lowest BCUT2D eigenvalue weighted by atomic mass is 9.86. The van der Waals surface area contributed by atoms with Crippen molar-refractivity contribution in [2.45, 2.75) is 51.3 Å². The number of nitro groups is 1. The minimum absolute atomic E-state index is 0.0598. The Morgan fingerprint density at radius 3 is 2.57 bits per heavy atom. The molecule has 1 aromatic rings. The highest BCUT2D eigenvalue weighted by Crippen LogP contribution is 2.30. The SMILES string of the molecule is CC(C)(C)OC(=O)NC1CC(Nc2cc(F)ccc2[N+](=O)[O-])C1. The fourth-order valence-corrected chi connectivity index (χ4v) is 2.33. The maximum absolute atomic E-state index is 13.3. The Bertz CT molecular complexity index is 609. The summed E-state index contributed by atoms with van der Waals surface area (Å²) >= 11 is 0. The van der Waals surface area contributed by atoms with Crippen molar-refractivity contribution in [1.82, 2.24) is 5.32 Å². The van der Waals surface area contributed by atoms with E-state index in [0.717, 1.165) is 18.2 Å². The van der Waals surface area contributed by atoms with Crippen LogP contribution in [0.1, 0.15) is 33.6 Å². The fraction of sp³-hybridized carbons (Fsp3) is 0.533. The fourth-order valence-electron chi connectivity index (χ4n) is 2.33. The molecule has 1 aliphatic carbocycles. The van der Waals surface area contributed by atoms with E-state index in [0.29, 0.717) is 12.8 Å². The number of carbonyl (C=O) groups is 1. The minimum atomic E-state index is -0.562. The molecule has 0 aliphatic heterocycles. The molecule has 0 saturated heterocycles. The summed E-state index contributed by atoms with van der Waals surface area (Å²) in [5.41, 5.74) is -0.584. The maximum atomic E-state index is 13.3. The highest BCUT2D eigenvalue weighted by Gasteiger charge is 2.32. The van der Waals surface area contributed by atoms with Crippen LogP contribution in [0.4, 0.5) is 20.6 Å². The van der Waals surface area contributed by atoms with Gasteiger partial charge < -0.3 is 15.4 Å². The molecular weight excluding hydrogens is 305 g/mol. The Morgan fingerprint density at radius 2 is 2.00 bits per heavy atom. The number of nitrogens with one attached hydrogen (secondary N) is 2. The molecule has 23 heavy (non-hydrogen) atoms. The summed E-state index contributed by atoms with van der Waals surface area (Å²) < 4.78 is 18.4. The van der Waals surface area contributed by atoms with Crippen molar-refractivity contribution in [3.8, 4) is 0 Å². The zero-order valence-electron chi connectivity index (χ0n) is 13.3. The number of nitro benzene ring substituents is 1. The van der Waals surface area contributed by atoms with Crippen LogP contribution >= 0.6 is 0 Å². The van der Waals surface area contributed by atoms with Crippen LogP contribution in [0.2, 0.25) is 0 Å². The second-order valence-electron chi connectivity index (χ2n) is 6.57. The maximum Gasteiger partial charge on any atom is 0.407 e. The average Bonchev–Trinajstić information content (AvgIpc) is 2.33. The number of ether oxygens (including phenoxy) is 1. The van der Waals surface area contributed by atoms with E-state index in [1.165, 1.54) is 0 Å². The summed E-state index contributed by atoms with van der Waals surface area (Å²) in [5.74, 6) is -0.541. The predicted molar refractivity (Wildman–Crippen MR) is 82.9 cm³/mol. The Hall–Kier alpha value is -2.38. The van der Waals surface area contributed by atoms with Gasteiger partial charge in [0.25, 0.3) is 5.69 Å². The molecule has 0 aromatic heterocycles. The van der Waals surface area contributed by atoms with E-state index in [1.807, 2.05) is 0 Å². The molecule has 126 valence electrons. The quantitative estimate of drug-likeness (QED) is 0.655. The number of amides is 1. The Balaban J connectivity index is 1.86. The van der Waals surface area contributed by atoms with Crippen LogP contribution in [-0.4, -0.2) is 28.7 Å². The number of nitrogens with zero attached hydrogens (tertiary/aromatic N) is 1. The van der Waals surface area contributed by atoms with Crippen LogP contribution in [0.5, 0.6) is 0 Å². The van der Waals surface area contributed by atoms with Gasteiger partial charge in [0.2, 0.25) is 0 Å². The first-order valence-electron chi connectivity index (χ1n) is 7.34. The van der Waals surface area contributed by atoms with Gasteiger partial charge in [0.1, 0.15) is 17.1 Å². The van der Waals surface area contributed by atoms with Crippen molar-refractivity contribution in [2.75, 3.05) is 5.32 Å². The first-order chi connectivity index (χ1) is 10.6. The summed E-state index contributed by atoms with van der Waals surface area (Å²) in [6, 6.07) is 3.17. The smallest absolute Gasteiger partial charge is 0.407 e. The highest BCUT2D eigenvalue weighted by atomic mass is 19.1. The molecule has 8 heteroatoms. The molecule has 1 saturated carbocycles. The molecule has 0 heterocycles. The van der Waals surface area contributed by atoms with Crippen molar-refractivity contribution < 1.29 is 18.8 Å². The van der Waals surface area contributed by atoms with Gasteiger partial charge in [-0.15, -0.1) is 0 Å². The largest absolute Gasteiger partial charge is 0.444 e. The normalized spacial score (nSPS) is 20.3. The number of halogens is 1. The summed E-state index contributed by atoms with van der Waals surface area (Å²) in [7, 11) is 0. The van der Waals surface area contributed by atoms with E-state index in [1.54, 1.807) is 20.8 Å². The van der Waals surface area contributed by atoms with Gasteiger partial charge in [0.05, 0.1) is 4.92 Å². The number of alkyl carbamates (subject to hydrolysis) is 1. The third-order valence-corrected chi connectivity index (χ3v) is 3.37. The van der Waals surface area contributed by atoms with Crippen molar-refractivity contribution in [2.24, 2.45) is 0 Å². The van der Waals surface area contributed by atoms with Crippen molar-refractivity contribution in [3.63, 3.8) is 0 Å². The predicted octanol–water partition coefficient (Wildman–Crippen LogP) is 3.20. The second-order valence-corrected chi connectivity index (χ2v) is 6.57. The summed E-state index contributed by atoms with van der Waals surface area (Å²) in [4.78, 5) is 22.0. The molecule has 1 amide bonds. The standard InChI is InChI=1S/C15H20FN3O4/c1-15(2,3)23-14(20)18-11-7-10(8-11)17-12-6-9(16)4-5-13(12)19(21)22/h4-6,10-11,17H,7-8H2,1-3H3,(H,18,20). The van der Waals surface area contributed by atoms with E-state index >= 15 is 0 Å². The molecule has 0 unspecified atom stereocenters. The van der Waals surface area contributed by atoms with E-state index < -0.39 is 22.4 Å². The third kappa shape index (κ3) is 4.80. The number of hydrogen-bond acceptors (Lipinski definition) is 5. The average molecular weight is 325 g/mol. The Morgan fingerprint density at radius 1 is 1.35 bits per heavy atom. The molecular formula is C15H20FN3O4. The lowest BCUT2D eigenvalue weighted by Gasteiger charge is -2.37. The molecule has 0 bridgehead atoms. The lowest BCUT2D eigenvalue weighted by Crippen LogP contribution is -2.50. The van der Waals surface area contributed by atoms with Crippen LogP contribution in [0.15, 0.2) is 18.2 Å². The number of hydrogen-bond donors (Lipinski definition) is 2. The van der Waals surface area contributed by atoms with Gasteiger partial charge in [-0.2, -0.15) is 0 Å². The highest BCUT2D eigenvalue weighted by molar-refractivity contribution is 5.68. The summed E-state index contributed by atoms with van der Waals surface area (Å²) in [6.07, 6.45) is 0.692. The molecule has 1 fully saturated rings. The van der Waals surface area contributed by atoms with Crippen molar-refractivity contribution >= 4 is 17.5 Å². The molecule has 7 nitrogen and oxygen atoms in total. The van der Waals surface area contributed by atoms with Gasteiger partial charge in [-0.25, -0.2) is 9.18 Å². The van der Waals surface area contributed by atoms with Crippen LogP contribution in [0.25, 0.3) is 0 Å². The zero-order chi connectivity index (χ0) is 17.2. The van der Waals surface area contributed by atoms with Gasteiger partial charge in [-0.1, -0.05) is 0 Å². The van der Waals surface area contributed by atoms with E-state index in [9.17, 15) is 19.3 Å². The number of carbonyl (C=O) groups excluding carboxylic acids is 1. The first kappa shape index (κ1) is 17.0. The molecule has 2 N–H and O–H groups in total. The van der Waals surface area contributed by atoms with Gasteiger partial charge in [-0.05, 0) is 39.7 Å². The minimum Gasteiger partial charge on any atom is -0.444 e. The zero-order valence-corrected chi connectivity index (χ0v) is 13.3. The van der Waals surface area contributed by atoms with Crippen molar-refractivity contribution in [1.29, 1.82) is 0 Å². The molecule has 1 aromatic carbocycles. The van der Waals surface area contributed by atoms with Gasteiger partial charge in [-0.3, -0.25) is 10.1 Å². The Labute approximate surface area is 133 Å². The monoisotopic (exact) mass is 325 g/mol. The molecule has 0 radical (unpaired) electrons. The van der Waals surface area contributed by atoms with Crippen LogP contribution in [0.3, 0.4) is 0 Å². The van der Waals surface area contributed by atoms with Gasteiger partial charge in [0, 0.05) is 24.2 Å². The second kappa shape index (κ2) is 6.39. The van der Waals surface area contributed by atoms with E-state index in [-0.39, 0.29) is 23.5 Å². The van der Waals surface area contributed by atoms with Crippen LogP contribution in [0, 0.1) is 15.9 Å². The molecule has 1 aliphatic rings. The molecule has 0 atom stereocenters. The topological polar surface area (TPSA) is 93.5 Å². The molecule has 2 rings (SSSR count). The van der Waals surface area contributed by atoms with Crippen LogP contribution in [-0.2, 0) is 4.74 Å². The summed E-state index contributed by atoms with van der Waals surface area (Å²) in [6.45, 7) is 5.34. The Kier molecular flexibility index (Phi) is 4.72. The molecule has 0 spiro atoms. The number of anilines is 1. The third-order valence-electron chi connectivity index (χ3n) is 3.37.